The Bertz CT molecular complexity index is 757. The summed E-state index contributed by atoms with van der Waals surface area (Å²) in [5, 5.41) is 3.11. The van der Waals surface area contributed by atoms with Crippen LogP contribution in [0.1, 0.15) is 12.0 Å². The van der Waals surface area contributed by atoms with Crippen molar-refractivity contribution in [3.63, 3.8) is 0 Å². The Morgan fingerprint density at radius 3 is 2.54 bits per heavy atom. The number of benzene rings is 2. The van der Waals surface area contributed by atoms with Crippen molar-refractivity contribution in [2.45, 2.75) is 12.8 Å². The number of hydrogen-bond donors (Lipinski definition) is 2. The third-order valence-electron chi connectivity index (χ3n) is 4.16. The molecule has 0 amide bonds. The fourth-order valence-electron chi connectivity index (χ4n) is 2.69. The van der Waals surface area contributed by atoms with Gasteiger partial charge in [0.15, 0.2) is 17.5 Å². The number of ether oxygens (including phenoxy) is 2. The van der Waals surface area contributed by atoms with Crippen LogP contribution in [0, 0.1) is 0 Å². The molecule has 138 valence electrons. The molecule has 3 N–H and O–H groups in total. The first-order valence-corrected chi connectivity index (χ1v) is 8.85. The second-order valence-electron chi connectivity index (χ2n) is 6.41. The minimum atomic E-state index is 0.393. The maximum absolute atomic E-state index is 6.00. The van der Waals surface area contributed by atoms with Crippen molar-refractivity contribution in [2.24, 2.45) is 10.7 Å². The zero-order chi connectivity index (χ0) is 18.4. The Morgan fingerprint density at radius 1 is 1.08 bits per heavy atom. The second kappa shape index (κ2) is 8.47. The van der Waals surface area contributed by atoms with Crippen LogP contribution in [-0.2, 0) is 6.42 Å². The molecular weight excluding hydrogens is 328 g/mol. The number of nitrogens with one attached hydrogen (secondary N) is 1. The summed E-state index contributed by atoms with van der Waals surface area (Å²) in [5.41, 5.74) is 9.27. The summed E-state index contributed by atoms with van der Waals surface area (Å²) in [4.78, 5) is 6.49. The highest BCUT2D eigenvalue weighted by molar-refractivity contribution is 5.92. The maximum Gasteiger partial charge on any atom is 0.193 e. The fourth-order valence-corrected chi connectivity index (χ4v) is 2.69. The van der Waals surface area contributed by atoms with Crippen molar-refractivity contribution in [3.05, 3.63) is 48.0 Å². The predicted molar refractivity (Wildman–Crippen MR) is 107 cm³/mol. The third kappa shape index (κ3) is 4.81. The van der Waals surface area contributed by atoms with Crippen molar-refractivity contribution in [1.82, 2.24) is 0 Å². The van der Waals surface area contributed by atoms with E-state index in [2.05, 4.69) is 39.5 Å². The van der Waals surface area contributed by atoms with E-state index in [9.17, 15) is 0 Å². The Labute approximate surface area is 154 Å². The molecule has 2 aromatic carbocycles. The maximum atomic E-state index is 6.00. The minimum Gasteiger partial charge on any atom is -0.490 e. The molecule has 0 aliphatic carbocycles. The van der Waals surface area contributed by atoms with Gasteiger partial charge in [0.05, 0.1) is 13.2 Å². The van der Waals surface area contributed by atoms with Gasteiger partial charge in [-0.3, -0.25) is 4.99 Å². The summed E-state index contributed by atoms with van der Waals surface area (Å²) >= 11 is 0. The van der Waals surface area contributed by atoms with Crippen molar-refractivity contribution in [1.29, 1.82) is 0 Å². The summed E-state index contributed by atoms with van der Waals surface area (Å²) < 4.78 is 11.3. The molecule has 1 aliphatic rings. The SMILES string of the molecule is CN(C)c1ccc(CCN=C(N)Nc2ccc3c(c2)OCCCO3)cc1. The summed E-state index contributed by atoms with van der Waals surface area (Å²) in [6.45, 7) is 1.97. The predicted octanol–water partition coefficient (Wildman–Crippen LogP) is 2.88. The van der Waals surface area contributed by atoms with Gasteiger partial charge in [-0.05, 0) is 36.2 Å². The molecule has 0 spiro atoms. The van der Waals surface area contributed by atoms with Crippen LogP contribution in [-0.4, -0.2) is 39.8 Å². The van der Waals surface area contributed by atoms with Crippen LogP contribution < -0.4 is 25.4 Å². The van der Waals surface area contributed by atoms with Gasteiger partial charge >= 0.3 is 0 Å². The van der Waals surface area contributed by atoms with E-state index in [0.29, 0.717) is 25.7 Å². The Balaban J connectivity index is 1.54. The van der Waals surface area contributed by atoms with Gasteiger partial charge in [-0.25, -0.2) is 0 Å². The molecule has 6 heteroatoms. The topological polar surface area (TPSA) is 72.1 Å². The van der Waals surface area contributed by atoms with Crippen LogP contribution in [0.4, 0.5) is 11.4 Å². The van der Waals surface area contributed by atoms with Gasteiger partial charge in [-0.1, -0.05) is 12.1 Å². The minimum absolute atomic E-state index is 0.393. The van der Waals surface area contributed by atoms with E-state index in [1.54, 1.807) is 0 Å². The molecule has 6 nitrogen and oxygen atoms in total. The number of aliphatic imine (C=N–C) groups is 1. The highest BCUT2D eigenvalue weighted by atomic mass is 16.5. The monoisotopic (exact) mass is 354 g/mol. The van der Waals surface area contributed by atoms with Gasteiger partial charge < -0.3 is 25.4 Å². The van der Waals surface area contributed by atoms with Gasteiger partial charge in [0.1, 0.15) is 0 Å². The smallest absolute Gasteiger partial charge is 0.193 e. The highest BCUT2D eigenvalue weighted by Crippen LogP contribution is 2.32. The highest BCUT2D eigenvalue weighted by Gasteiger charge is 2.10. The second-order valence-corrected chi connectivity index (χ2v) is 6.41. The molecule has 1 aliphatic heterocycles. The lowest BCUT2D eigenvalue weighted by atomic mass is 10.1. The van der Waals surface area contributed by atoms with Crippen LogP contribution in [0.2, 0.25) is 0 Å². The quantitative estimate of drug-likeness (QED) is 0.638. The van der Waals surface area contributed by atoms with E-state index in [0.717, 1.165) is 30.0 Å². The van der Waals surface area contributed by atoms with E-state index in [4.69, 9.17) is 15.2 Å². The molecule has 0 atom stereocenters. The molecule has 0 unspecified atom stereocenters. The standard InChI is InChI=1S/C20H26N4O2/c1-24(2)17-7-4-15(5-8-17)10-11-22-20(21)23-16-6-9-18-19(14-16)26-13-3-12-25-18/h4-9,14H,3,10-13H2,1-2H3,(H3,21,22,23). The van der Waals surface area contributed by atoms with Crippen molar-refractivity contribution >= 4 is 17.3 Å². The zero-order valence-corrected chi connectivity index (χ0v) is 15.4. The van der Waals surface area contributed by atoms with Crippen molar-refractivity contribution < 1.29 is 9.47 Å². The molecule has 0 aromatic heterocycles. The average Bonchev–Trinajstić information content (AvgIpc) is 2.87. The van der Waals surface area contributed by atoms with E-state index in [1.807, 2.05) is 32.3 Å². The first-order chi connectivity index (χ1) is 12.6. The average molecular weight is 354 g/mol. The van der Waals surface area contributed by atoms with E-state index >= 15 is 0 Å². The lowest BCUT2D eigenvalue weighted by Gasteiger charge is -2.12. The van der Waals surface area contributed by atoms with E-state index < -0.39 is 0 Å². The molecule has 26 heavy (non-hydrogen) atoms. The van der Waals surface area contributed by atoms with Crippen molar-refractivity contribution in [2.75, 3.05) is 44.1 Å². The molecule has 0 saturated heterocycles. The van der Waals surface area contributed by atoms with E-state index in [1.165, 1.54) is 11.3 Å². The third-order valence-corrected chi connectivity index (χ3v) is 4.16. The molecule has 0 fully saturated rings. The van der Waals surface area contributed by atoms with Crippen LogP contribution in [0.15, 0.2) is 47.5 Å². The van der Waals surface area contributed by atoms with Gasteiger partial charge in [-0.15, -0.1) is 0 Å². The summed E-state index contributed by atoms with van der Waals surface area (Å²) in [6.07, 6.45) is 1.73. The molecule has 0 radical (unpaired) electrons. The normalized spacial score (nSPS) is 13.8. The van der Waals surface area contributed by atoms with Gasteiger partial charge in [-0.2, -0.15) is 0 Å². The fraction of sp³-hybridized carbons (Fsp3) is 0.350. The summed E-state index contributed by atoms with van der Waals surface area (Å²) in [6, 6.07) is 14.2. The van der Waals surface area contributed by atoms with Crippen LogP contribution in [0.3, 0.4) is 0 Å². The molecule has 1 heterocycles. The molecule has 3 rings (SSSR count). The summed E-state index contributed by atoms with van der Waals surface area (Å²) in [7, 11) is 4.07. The first-order valence-electron chi connectivity index (χ1n) is 8.85. The Kier molecular flexibility index (Phi) is 5.84. The number of nitrogens with two attached hydrogens (primary N) is 1. The number of anilines is 2. The number of fused-ring (bicyclic) bond motifs is 1. The molecule has 0 bridgehead atoms. The van der Waals surface area contributed by atoms with Gasteiger partial charge in [0, 0.05) is 44.5 Å². The van der Waals surface area contributed by atoms with Crippen LogP contribution in [0.5, 0.6) is 11.5 Å². The Morgan fingerprint density at radius 2 is 1.81 bits per heavy atom. The first kappa shape index (κ1) is 17.9. The lowest BCUT2D eigenvalue weighted by molar-refractivity contribution is 0.297. The van der Waals surface area contributed by atoms with Crippen LogP contribution in [0.25, 0.3) is 0 Å². The number of rotatable bonds is 5. The molecule has 0 saturated carbocycles. The van der Waals surface area contributed by atoms with E-state index in [-0.39, 0.29) is 0 Å². The number of hydrogen-bond acceptors (Lipinski definition) is 4. The van der Waals surface area contributed by atoms with Crippen molar-refractivity contribution in [3.8, 4) is 11.5 Å². The zero-order valence-electron chi connectivity index (χ0n) is 15.4. The molecular formula is C20H26N4O2. The van der Waals surface area contributed by atoms with Gasteiger partial charge in [0.2, 0.25) is 0 Å². The van der Waals surface area contributed by atoms with Crippen LogP contribution >= 0.6 is 0 Å². The summed E-state index contributed by atoms with van der Waals surface area (Å²) in [5.74, 6) is 1.90. The largest absolute Gasteiger partial charge is 0.490 e. The Hall–Kier alpha value is -2.89. The lowest BCUT2D eigenvalue weighted by Crippen LogP contribution is -2.23. The number of nitrogens with zero attached hydrogens (tertiary/aromatic N) is 2. The number of guanidine groups is 1. The van der Waals surface area contributed by atoms with Gasteiger partial charge in [0.25, 0.3) is 0 Å². The molecule has 2 aromatic rings.